The van der Waals surface area contributed by atoms with E-state index in [2.05, 4.69) is 29.2 Å². The molecule has 1 saturated carbocycles. The van der Waals surface area contributed by atoms with E-state index >= 15 is 0 Å². The molecule has 1 saturated heterocycles. The molecular weight excluding hydrogens is 276 g/mol. The lowest BCUT2D eigenvalue weighted by Gasteiger charge is -2.37. The summed E-state index contributed by atoms with van der Waals surface area (Å²) in [5.74, 6) is 0.743. The molecule has 2 atom stereocenters. The molecule has 5 heteroatoms. The number of nitrogens with one attached hydrogen (secondary N) is 1. The second-order valence-corrected chi connectivity index (χ2v) is 7.11. The number of hydrogen-bond donors (Lipinski definition) is 1. The Bertz CT molecular complexity index is 520. The molecule has 1 aliphatic carbocycles. The fourth-order valence-electron chi connectivity index (χ4n) is 3.57. The van der Waals surface area contributed by atoms with E-state index in [-0.39, 0.29) is 12.1 Å². The van der Waals surface area contributed by atoms with Crippen LogP contribution in [0, 0.1) is 5.92 Å². The van der Waals surface area contributed by atoms with Crippen molar-refractivity contribution >= 4 is 6.03 Å². The highest BCUT2D eigenvalue weighted by atomic mass is 16.2. The molecular formula is C17H28N4O. The summed E-state index contributed by atoms with van der Waals surface area (Å²) in [5, 5.41) is 7.52. The number of rotatable bonds is 4. The number of aromatic nitrogens is 2. The molecule has 1 aromatic rings. The Hall–Kier alpha value is -1.52. The van der Waals surface area contributed by atoms with E-state index in [1.807, 2.05) is 24.0 Å². The number of likely N-dealkylation sites (tertiary alicyclic amines) is 1. The summed E-state index contributed by atoms with van der Waals surface area (Å²) < 4.78 is 1.94. The van der Waals surface area contributed by atoms with Gasteiger partial charge in [0.15, 0.2) is 0 Å². The molecule has 1 aromatic heterocycles. The van der Waals surface area contributed by atoms with Crippen LogP contribution < -0.4 is 5.32 Å². The van der Waals surface area contributed by atoms with Crippen molar-refractivity contribution in [1.29, 1.82) is 0 Å². The standard InChI is InChI=1S/C17H28N4O/c1-12(2)21-11-15(10-18-21)13(3)19-17(22)20-9-5-8-16(20)14-6-4-7-14/h10-14,16H,4-9H2,1-3H3,(H,19,22)/t13-,16+/m0/s1. The van der Waals surface area contributed by atoms with E-state index in [1.54, 1.807) is 0 Å². The van der Waals surface area contributed by atoms with Crippen LogP contribution in [0.2, 0.25) is 0 Å². The van der Waals surface area contributed by atoms with Crippen molar-refractivity contribution in [3.05, 3.63) is 18.0 Å². The minimum Gasteiger partial charge on any atom is -0.331 e. The third-order valence-electron chi connectivity index (χ3n) is 5.24. The Balaban J connectivity index is 1.60. The van der Waals surface area contributed by atoms with Gasteiger partial charge in [-0.25, -0.2) is 4.79 Å². The summed E-state index contributed by atoms with van der Waals surface area (Å²) in [4.78, 5) is 14.7. The number of nitrogens with zero attached hydrogens (tertiary/aromatic N) is 3. The molecule has 2 fully saturated rings. The SMILES string of the molecule is CC(C)n1cc([C@H](C)NC(=O)N2CCC[C@@H]2C2CCC2)cn1. The lowest BCUT2D eigenvalue weighted by Crippen LogP contribution is -2.47. The van der Waals surface area contributed by atoms with Gasteiger partial charge in [0.2, 0.25) is 0 Å². The minimum absolute atomic E-state index is 0.00244. The van der Waals surface area contributed by atoms with Crippen LogP contribution in [0.3, 0.4) is 0 Å². The summed E-state index contributed by atoms with van der Waals surface area (Å²) in [7, 11) is 0. The molecule has 2 aliphatic rings. The Morgan fingerprint density at radius 2 is 2.05 bits per heavy atom. The predicted molar refractivity (Wildman–Crippen MR) is 86.6 cm³/mol. The Labute approximate surface area is 133 Å². The van der Waals surface area contributed by atoms with Crippen molar-refractivity contribution < 1.29 is 4.79 Å². The number of urea groups is 1. The lowest BCUT2D eigenvalue weighted by atomic mass is 9.79. The van der Waals surface area contributed by atoms with Crippen LogP contribution in [0.1, 0.15) is 70.5 Å². The van der Waals surface area contributed by atoms with Gasteiger partial charge in [-0.15, -0.1) is 0 Å². The van der Waals surface area contributed by atoms with Crippen LogP contribution in [0.25, 0.3) is 0 Å². The summed E-state index contributed by atoms with van der Waals surface area (Å²) >= 11 is 0. The Morgan fingerprint density at radius 3 is 2.64 bits per heavy atom. The maximum Gasteiger partial charge on any atom is 0.318 e. The normalized spacial score (nSPS) is 23.6. The van der Waals surface area contributed by atoms with Crippen molar-refractivity contribution in [2.24, 2.45) is 5.92 Å². The van der Waals surface area contributed by atoms with Crippen LogP contribution >= 0.6 is 0 Å². The van der Waals surface area contributed by atoms with Crippen LogP contribution in [-0.2, 0) is 0 Å². The molecule has 3 rings (SSSR count). The van der Waals surface area contributed by atoms with Gasteiger partial charge in [0, 0.05) is 30.4 Å². The molecule has 1 aliphatic heterocycles. The van der Waals surface area contributed by atoms with Crippen molar-refractivity contribution in [3.63, 3.8) is 0 Å². The zero-order chi connectivity index (χ0) is 15.7. The van der Waals surface area contributed by atoms with E-state index in [0.717, 1.165) is 24.4 Å². The maximum atomic E-state index is 12.6. The highest BCUT2D eigenvalue weighted by Crippen LogP contribution is 2.37. The topological polar surface area (TPSA) is 50.2 Å². The van der Waals surface area contributed by atoms with Crippen molar-refractivity contribution in [2.75, 3.05) is 6.54 Å². The van der Waals surface area contributed by atoms with Crippen molar-refractivity contribution in [2.45, 2.75) is 71.0 Å². The van der Waals surface area contributed by atoms with E-state index in [9.17, 15) is 4.79 Å². The quantitative estimate of drug-likeness (QED) is 0.925. The smallest absolute Gasteiger partial charge is 0.318 e. The zero-order valence-corrected chi connectivity index (χ0v) is 14.0. The number of carbonyl (C=O) groups is 1. The first-order valence-electron chi connectivity index (χ1n) is 8.67. The largest absolute Gasteiger partial charge is 0.331 e. The molecule has 0 aromatic carbocycles. The first kappa shape index (κ1) is 15.4. The van der Waals surface area contributed by atoms with Gasteiger partial charge in [-0.1, -0.05) is 6.42 Å². The average molecular weight is 304 g/mol. The second-order valence-electron chi connectivity index (χ2n) is 7.11. The fourth-order valence-corrected chi connectivity index (χ4v) is 3.57. The third-order valence-corrected chi connectivity index (χ3v) is 5.24. The summed E-state index contributed by atoms with van der Waals surface area (Å²) in [6.45, 7) is 7.15. The number of carbonyl (C=O) groups excluding carboxylic acids is 1. The fraction of sp³-hybridized carbons (Fsp3) is 0.765. The minimum atomic E-state index is 0.00244. The molecule has 5 nitrogen and oxygen atoms in total. The predicted octanol–water partition coefficient (Wildman–Crippen LogP) is 3.50. The monoisotopic (exact) mass is 304 g/mol. The van der Waals surface area contributed by atoms with Crippen LogP contribution in [0.5, 0.6) is 0 Å². The van der Waals surface area contributed by atoms with Crippen molar-refractivity contribution in [1.82, 2.24) is 20.0 Å². The van der Waals surface area contributed by atoms with E-state index < -0.39 is 0 Å². The molecule has 0 unspecified atom stereocenters. The highest BCUT2D eigenvalue weighted by Gasteiger charge is 2.37. The lowest BCUT2D eigenvalue weighted by molar-refractivity contribution is 0.137. The average Bonchev–Trinajstić information content (AvgIpc) is 3.05. The first-order chi connectivity index (χ1) is 10.6. The molecule has 1 N–H and O–H groups in total. The van der Waals surface area contributed by atoms with Crippen LogP contribution in [-0.4, -0.2) is 33.3 Å². The molecule has 122 valence electrons. The van der Waals surface area contributed by atoms with Crippen LogP contribution in [0.15, 0.2) is 12.4 Å². The third kappa shape index (κ3) is 2.99. The zero-order valence-electron chi connectivity index (χ0n) is 14.0. The van der Waals surface area contributed by atoms with E-state index in [4.69, 9.17) is 0 Å². The van der Waals surface area contributed by atoms with Gasteiger partial charge in [-0.3, -0.25) is 4.68 Å². The Kier molecular flexibility index (Phi) is 4.41. The number of hydrogen-bond acceptors (Lipinski definition) is 2. The van der Waals surface area contributed by atoms with E-state index in [1.165, 1.54) is 25.7 Å². The first-order valence-corrected chi connectivity index (χ1v) is 8.67. The van der Waals surface area contributed by atoms with Gasteiger partial charge in [0.25, 0.3) is 0 Å². The molecule has 0 bridgehead atoms. The maximum absolute atomic E-state index is 12.6. The van der Waals surface area contributed by atoms with Gasteiger partial charge >= 0.3 is 6.03 Å². The summed E-state index contributed by atoms with van der Waals surface area (Å²) in [6, 6.07) is 0.916. The molecule has 0 radical (unpaired) electrons. The van der Waals surface area contributed by atoms with Gasteiger partial charge in [0.05, 0.1) is 12.2 Å². The number of amides is 2. The summed E-state index contributed by atoms with van der Waals surface area (Å²) in [5.41, 5.74) is 1.07. The highest BCUT2D eigenvalue weighted by molar-refractivity contribution is 5.75. The van der Waals surface area contributed by atoms with Gasteiger partial charge in [-0.2, -0.15) is 5.10 Å². The molecule has 22 heavy (non-hydrogen) atoms. The van der Waals surface area contributed by atoms with E-state index in [0.29, 0.717) is 12.1 Å². The van der Waals surface area contributed by atoms with Gasteiger partial charge in [-0.05, 0) is 52.4 Å². The molecule has 2 amide bonds. The Morgan fingerprint density at radius 1 is 1.27 bits per heavy atom. The molecule has 0 spiro atoms. The van der Waals surface area contributed by atoms with Gasteiger partial charge in [0.1, 0.15) is 0 Å². The second kappa shape index (κ2) is 6.31. The van der Waals surface area contributed by atoms with Gasteiger partial charge < -0.3 is 10.2 Å². The van der Waals surface area contributed by atoms with Crippen LogP contribution in [0.4, 0.5) is 4.79 Å². The van der Waals surface area contributed by atoms with Crippen molar-refractivity contribution in [3.8, 4) is 0 Å². The summed E-state index contributed by atoms with van der Waals surface area (Å²) in [6.07, 6.45) is 10.1. The molecule has 2 heterocycles.